The van der Waals surface area contributed by atoms with Crippen molar-refractivity contribution in [1.82, 2.24) is 9.97 Å². The Bertz CT molecular complexity index is 911. The number of pyridine rings is 1. The highest BCUT2D eigenvalue weighted by molar-refractivity contribution is 5.85. The minimum Gasteiger partial charge on any atom is -0.453 e. The molecule has 2 heterocycles. The molecule has 24 heavy (non-hydrogen) atoms. The highest BCUT2D eigenvalue weighted by Gasteiger charge is 2.25. The van der Waals surface area contributed by atoms with E-state index in [0.29, 0.717) is 11.0 Å². The average molecular weight is 333 g/mol. The van der Waals surface area contributed by atoms with E-state index in [1.807, 2.05) is 0 Å². The van der Waals surface area contributed by atoms with E-state index in [4.69, 9.17) is 0 Å². The summed E-state index contributed by atoms with van der Waals surface area (Å²) in [5.41, 5.74) is -0.119. The molecule has 1 unspecified atom stereocenters. The molecule has 0 saturated carbocycles. The van der Waals surface area contributed by atoms with Gasteiger partial charge >= 0.3 is 6.09 Å². The maximum atomic E-state index is 14.6. The van der Waals surface area contributed by atoms with Crippen molar-refractivity contribution in [3.05, 3.63) is 59.4 Å². The number of ether oxygens (including phenoxy) is 1. The van der Waals surface area contributed by atoms with Crippen LogP contribution in [0.2, 0.25) is 0 Å². The van der Waals surface area contributed by atoms with Crippen LogP contribution in [-0.2, 0) is 4.74 Å². The van der Waals surface area contributed by atoms with Gasteiger partial charge in [-0.15, -0.1) is 0 Å². The number of aliphatic hydroxyl groups is 1. The molecule has 3 rings (SSSR count). The number of halogens is 2. The number of aromatic amines is 1. The van der Waals surface area contributed by atoms with Crippen LogP contribution in [0.4, 0.5) is 19.3 Å². The number of methoxy groups -OCH3 is 1. The zero-order valence-corrected chi connectivity index (χ0v) is 12.5. The van der Waals surface area contributed by atoms with Gasteiger partial charge in [-0.3, -0.25) is 5.32 Å². The van der Waals surface area contributed by atoms with Gasteiger partial charge in [-0.1, -0.05) is 0 Å². The van der Waals surface area contributed by atoms with Gasteiger partial charge in [0.25, 0.3) is 0 Å². The Kier molecular flexibility index (Phi) is 4.13. The van der Waals surface area contributed by atoms with E-state index in [1.54, 1.807) is 18.3 Å². The highest BCUT2D eigenvalue weighted by Crippen LogP contribution is 2.33. The third-order valence-electron chi connectivity index (χ3n) is 3.60. The van der Waals surface area contributed by atoms with E-state index in [2.05, 4.69) is 20.0 Å². The predicted molar refractivity (Wildman–Crippen MR) is 82.5 cm³/mol. The van der Waals surface area contributed by atoms with E-state index in [9.17, 15) is 18.7 Å². The van der Waals surface area contributed by atoms with Crippen molar-refractivity contribution in [2.24, 2.45) is 0 Å². The van der Waals surface area contributed by atoms with Gasteiger partial charge in [-0.05, 0) is 24.3 Å². The Balaban J connectivity index is 2.07. The fraction of sp³-hybridized carbons (Fsp3) is 0.125. The van der Waals surface area contributed by atoms with Crippen LogP contribution in [0.1, 0.15) is 17.2 Å². The first-order chi connectivity index (χ1) is 11.5. The first-order valence-electron chi connectivity index (χ1n) is 6.96. The number of nitrogens with zero attached hydrogens (tertiary/aromatic N) is 1. The number of hydrogen-bond donors (Lipinski definition) is 3. The number of fused-ring (bicyclic) bond motifs is 1. The van der Waals surface area contributed by atoms with Crippen molar-refractivity contribution >= 4 is 22.8 Å². The van der Waals surface area contributed by atoms with E-state index in [1.165, 1.54) is 6.20 Å². The molecule has 0 aliphatic carbocycles. The summed E-state index contributed by atoms with van der Waals surface area (Å²) in [5.74, 6) is -2.01. The third-order valence-corrected chi connectivity index (χ3v) is 3.60. The molecule has 0 fully saturated rings. The molecule has 3 aromatic rings. The molecular weight excluding hydrogens is 320 g/mol. The maximum Gasteiger partial charge on any atom is 0.411 e. The summed E-state index contributed by atoms with van der Waals surface area (Å²) in [6, 6.07) is 5.33. The number of benzene rings is 1. The Labute approximate surface area is 135 Å². The number of H-pyrrole nitrogens is 1. The molecule has 0 bridgehead atoms. The van der Waals surface area contributed by atoms with Gasteiger partial charge in [-0.2, -0.15) is 0 Å². The largest absolute Gasteiger partial charge is 0.453 e. The quantitative estimate of drug-likeness (QED) is 0.687. The molecule has 1 aromatic carbocycles. The Hall–Kier alpha value is -3.00. The lowest BCUT2D eigenvalue weighted by atomic mass is 10.00. The van der Waals surface area contributed by atoms with Gasteiger partial charge in [0.15, 0.2) is 5.82 Å². The highest BCUT2D eigenvalue weighted by atomic mass is 19.1. The second kappa shape index (κ2) is 6.25. The van der Waals surface area contributed by atoms with Crippen LogP contribution < -0.4 is 5.32 Å². The zero-order valence-electron chi connectivity index (χ0n) is 12.5. The van der Waals surface area contributed by atoms with Crippen LogP contribution >= 0.6 is 0 Å². The van der Waals surface area contributed by atoms with Crippen molar-refractivity contribution in [3.8, 4) is 0 Å². The summed E-state index contributed by atoms with van der Waals surface area (Å²) in [6.07, 6.45) is 0.498. The van der Waals surface area contributed by atoms with E-state index < -0.39 is 29.4 Å². The Morgan fingerprint density at radius 1 is 1.38 bits per heavy atom. The lowest BCUT2D eigenvalue weighted by molar-refractivity contribution is 0.186. The summed E-state index contributed by atoms with van der Waals surface area (Å²) in [7, 11) is 1.12. The lowest BCUT2D eigenvalue weighted by Crippen LogP contribution is -2.14. The normalized spacial score (nSPS) is 12.2. The SMILES string of the molecule is COC(=O)Nc1ccc(F)c(C(O)c2c[nH]c3ncccc23)c1F. The van der Waals surface area contributed by atoms with Gasteiger partial charge in [0.05, 0.1) is 18.4 Å². The number of amides is 1. The molecule has 3 N–H and O–H groups in total. The van der Waals surface area contributed by atoms with Crippen LogP contribution in [0, 0.1) is 11.6 Å². The molecule has 0 spiro atoms. The molecule has 0 aliphatic heterocycles. The fourth-order valence-corrected chi connectivity index (χ4v) is 2.44. The number of rotatable bonds is 3. The minimum absolute atomic E-state index is 0.270. The summed E-state index contributed by atoms with van der Waals surface area (Å²) in [6.45, 7) is 0. The van der Waals surface area contributed by atoms with Crippen molar-refractivity contribution in [3.63, 3.8) is 0 Å². The molecule has 2 aromatic heterocycles. The smallest absolute Gasteiger partial charge is 0.411 e. The summed E-state index contributed by atoms with van der Waals surface area (Å²) in [4.78, 5) is 18.1. The van der Waals surface area contributed by atoms with Crippen LogP contribution in [0.25, 0.3) is 11.0 Å². The Morgan fingerprint density at radius 2 is 2.17 bits per heavy atom. The van der Waals surface area contributed by atoms with Gasteiger partial charge in [0.1, 0.15) is 17.6 Å². The van der Waals surface area contributed by atoms with Crippen LogP contribution in [0.3, 0.4) is 0 Å². The molecule has 6 nitrogen and oxygen atoms in total. The number of hydrogen-bond acceptors (Lipinski definition) is 4. The molecule has 0 radical (unpaired) electrons. The molecular formula is C16H13F2N3O3. The van der Waals surface area contributed by atoms with Crippen molar-refractivity contribution < 1.29 is 23.4 Å². The van der Waals surface area contributed by atoms with E-state index in [-0.39, 0.29) is 11.3 Å². The molecule has 124 valence electrons. The lowest BCUT2D eigenvalue weighted by Gasteiger charge is -2.15. The monoisotopic (exact) mass is 333 g/mol. The van der Waals surface area contributed by atoms with Gasteiger partial charge in [-0.25, -0.2) is 18.6 Å². The summed E-state index contributed by atoms with van der Waals surface area (Å²) >= 11 is 0. The molecule has 8 heteroatoms. The van der Waals surface area contributed by atoms with Crippen molar-refractivity contribution in [1.29, 1.82) is 0 Å². The first-order valence-corrected chi connectivity index (χ1v) is 6.96. The number of aromatic nitrogens is 2. The first kappa shape index (κ1) is 15.9. The fourth-order valence-electron chi connectivity index (χ4n) is 2.44. The van der Waals surface area contributed by atoms with Crippen LogP contribution in [0.5, 0.6) is 0 Å². The van der Waals surface area contributed by atoms with Crippen LogP contribution in [0.15, 0.2) is 36.7 Å². The van der Waals surface area contributed by atoms with Gasteiger partial charge < -0.3 is 14.8 Å². The topological polar surface area (TPSA) is 87.2 Å². The van der Waals surface area contributed by atoms with Crippen LogP contribution in [-0.4, -0.2) is 28.3 Å². The number of carbonyl (C=O) groups is 1. The maximum absolute atomic E-state index is 14.6. The summed E-state index contributed by atoms with van der Waals surface area (Å²) < 4.78 is 33.1. The third kappa shape index (κ3) is 2.67. The average Bonchev–Trinajstić information content (AvgIpc) is 3.01. The van der Waals surface area contributed by atoms with Gasteiger partial charge in [0, 0.05) is 23.3 Å². The minimum atomic E-state index is -1.58. The summed E-state index contributed by atoms with van der Waals surface area (Å²) in [5, 5.41) is 13.2. The molecule has 0 saturated heterocycles. The standard InChI is InChI=1S/C16H13F2N3O3/c1-24-16(23)21-11-5-4-10(17)12(13(11)18)14(22)9-7-20-15-8(9)3-2-6-19-15/h2-7,14,22H,1H3,(H,19,20)(H,21,23). The zero-order chi connectivity index (χ0) is 17.3. The molecule has 1 atom stereocenters. The number of anilines is 1. The number of aliphatic hydroxyl groups excluding tert-OH is 1. The van der Waals surface area contributed by atoms with Gasteiger partial charge in [0.2, 0.25) is 0 Å². The number of nitrogens with one attached hydrogen (secondary N) is 2. The van der Waals surface area contributed by atoms with Crippen molar-refractivity contribution in [2.45, 2.75) is 6.10 Å². The predicted octanol–water partition coefficient (Wildman–Crippen LogP) is 3.10. The second-order valence-corrected chi connectivity index (χ2v) is 4.99. The second-order valence-electron chi connectivity index (χ2n) is 4.99. The molecule has 0 aliphatic rings. The number of carbonyl (C=O) groups excluding carboxylic acids is 1. The van der Waals surface area contributed by atoms with E-state index >= 15 is 0 Å². The van der Waals surface area contributed by atoms with E-state index in [0.717, 1.165) is 19.2 Å². The van der Waals surface area contributed by atoms with Crippen molar-refractivity contribution in [2.75, 3.05) is 12.4 Å². The molecule has 1 amide bonds. The Morgan fingerprint density at radius 3 is 2.92 bits per heavy atom.